The third-order valence-electron chi connectivity index (χ3n) is 5.88. The van der Waals surface area contributed by atoms with E-state index >= 15 is 0 Å². The van der Waals surface area contributed by atoms with E-state index in [0.29, 0.717) is 18.4 Å². The number of carbonyl (C=O) groups excluding carboxylic acids is 1. The minimum atomic E-state index is -3.93. The molecule has 0 saturated carbocycles. The second kappa shape index (κ2) is 6.32. The second-order valence-corrected chi connectivity index (χ2v) is 9.56. The average Bonchev–Trinajstić information content (AvgIpc) is 3.19. The summed E-state index contributed by atoms with van der Waals surface area (Å²) in [4.78, 5) is 14.5. The number of fused-ring (bicyclic) bond motifs is 1. The summed E-state index contributed by atoms with van der Waals surface area (Å²) in [6.45, 7) is -0.274. The van der Waals surface area contributed by atoms with Crippen molar-refractivity contribution in [2.45, 2.75) is 35.6 Å². The Balaban J connectivity index is 1.37. The summed E-state index contributed by atoms with van der Waals surface area (Å²) in [5, 5.41) is 0. The Kier molecular flexibility index (Phi) is 4.06. The zero-order chi connectivity index (χ0) is 20.4. The van der Waals surface area contributed by atoms with Gasteiger partial charge in [0.25, 0.3) is 5.91 Å². The van der Waals surface area contributed by atoms with Gasteiger partial charge in [0, 0.05) is 5.56 Å². The molecule has 9 heteroatoms. The van der Waals surface area contributed by atoms with Gasteiger partial charge in [-0.15, -0.1) is 0 Å². The lowest BCUT2D eigenvalue weighted by molar-refractivity contribution is -0.150. The Labute approximate surface area is 166 Å². The van der Waals surface area contributed by atoms with Crippen molar-refractivity contribution in [2.75, 3.05) is 13.1 Å². The van der Waals surface area contributed by atoms with E-state index < -0.39 is 33.7 Å². The maximum atomic E-state index is 14.3. The number of ether oxygens (including phenoxy) is 1. The fourth-order valence-electron chi connectivity index (χ4n) is 4.44. The van der Waals surface area contributed by atoms with Gasteiger partial charge in [-0.05, 0) is 37.1 Å². The number of rotatable bonds is 3. The number of hydrogen-bond acceptors (Lipinski definition) is 4. The maximum Gasteiger partial charge on any atom is 0.260 e. The van der Waals surface area contributed by atoms with E-state index in [1.54, 1.807) is 23.1 Å². The van der Waals surface area contributed by atoms with Crippen molar-refractivity contribution in [1.82, 2.24) is 9.21 Å². The van der Waals surface area contributed by atoms with Crippen LogP contribution in [-0.2, 0) is 19.6 Å². The van der Waals surface area contributed by atoms with Crippen LogP contribution >= 0.6 is 0 Å². The van der Waals surface area contributed by atoms with Crippen molar-refractivity contribution in [3.63, 3.8) is 0 Å². The van der Waals surface area contributed by atoms with Crippen LogP contribution < -0.4 is 0 Å². The van der Waals surface area contributed by atoms with Crippen molar-refractivity contribution >= 4 is 15.9 Å². The van der Waals surface area contributed by atoms with E-state index in [1.807, 2.05) is 0 Å². The molecule has 3 aliphatic heterocycles. The molecule has 0 bridgehead atoms. The highest BCUT2D eigenvalue weighted by Crippen LogP contribution is 2.48. The number of carbonyl (C=O) groups is 1. The van der Waals surface area contributed by atoms with Crippen LogP contribution in [0.3, 0.4) is 0 Å². The molecule has 0 unspecified atom stereocenters. The first-order chi connectivity index (χ1) is 13.8. The number of halogens is 2. The normalized spacial score (nSPS) is 26.0. The van der Waals surface area contributed by atoms with E-state index in [2.05, 4.69) is 0 Å². The van der Waals surface area contributed by atoms with Crippen LogP contribution in [0.2, 0.25) is 0 Å². The molecule has 2 atom stereocenters. The molecule has 3 saturated heterocycles. The predicted octanol–water partition coefficient (Wildman–Crippen LogP) is 2.43. The molecule has 6 nitrogen and oxygen atoms in total. The first kappa shape index (κ1) is 18.7. The Morgan fingerprint density at radius 1 is 1.03 bits per heavy atom. The molecule has 5 rings (SSSR count). The SMILES string of the molecule is O=C1N2[C@@H](CC[C@H]2c2ccccc2F)OC12CN(S(=O)(=O)c1cccc(F)c1)C2. The zero-order valence-corrected chi connectivity index (χ0v) is 16.1. The number of benzene rings is 2. The minimum Gasteiger partial charge on any atom is -0.339 e. The lowest BCUT2D eigenvalue weighted by atomic mass is 9.94. The third kappa shape index (κ3) is 2.72. The fraction of sp³-hybridized carbons (Fsp3) is 0.350. The summed E-state index contributed by atoms with van der Waals surface area (Å²) < 4.78 is 60.2. The van der Waals surface area contributed by atoms with Gasteiger partial charge < -0.3 is 9.64 Å². The molecule has 2 aromatic carbocycles. The van der Waals surface area contributed by atoms with Gasteiger partial charge in [0.15, 0.2) is 5.60 Å². The molecule has 0 radical (unpaired) electrons. The number of amides is 1. The van der Waals surface area contributed by atoms with Crippen LogP contribution in [0.1, 0.15) is 24.4 Å². The van der Waals surface area contributed by atoms with E-state index in [9.17, 15) is 22.0 Å². The Morgan fingerprint density at radius 3 is 2.52 bits per heavy atom. The van der Waals surface area contributed by atoms with Crippen LogP contribution in [0, 0.1) is 11.6 Å². The summed E-state index contributed by atoms with van der Waals surface area (Å²) in [6.07, 6.45) is 0.646. The number of sulfonamides is 1. The number of nitrogens with zero attached hydrogens (tertiary/aromatic N) is 2. The van der Waals surface area contributed by atoms with Crippen LogP contribution in [0.5, 0.6) is 0 Å². The van der Waals surface area contributed by atoms with Crippen molar-refractivity contribution in [1.29, 1.82) is 0 Å². The Bertz CT molecular complexity index is 1100. The van der Waals surface area contributed by atoms with E-state index in [4.69, 9.17) is 4.74 Å². The first-order valence-corrected chi connectivity index (χ1v) is 10.8. The van der Waals surface area contributed by atoms with Crippen LogP contribution in [0.25, 0.3) is 0 Å². The predicted molar refractivity (Wildman–Crippen MR) is 98.0 cm³/mol. The van der Waals surface area contributed by atoms with Gasteiger partial charge in [-0.25, -0.2) is 17.2 Å². The van der Waals surface area contributed by atoms with Crippen molar-refractivity contribution in [3.05, 3.63) is 65.7 Å². The minimum absolute atomic E-state index is 0.137. The summed E-state index contributed by atoms with van der Waals surface area (Å²) in [5.74, 6) is -1.35. The van der Waals surface area contributed by atoms with E-state index in [0.717, 1.165) is 16.4 Å². The highest BCUT2D eigenvalue weighted by molar-refractivity contribution is 7.89. The monoisotopic (exact) mass is 420 g/mol. The van der Waals surface area contributed by atoms with Gasteiger partial charge in [0.2, 0.25) is 10.0 Å². The standard InChI is InChI=1S/C20H18F2N2O4S/c21-13-4-3-5-14(10-13)29(26,27)23-11-20(12-23)19(25)24-17(8-9-18(24)28-20)15-6-1-2-7-16(15)22/h1-7,10,17-18H,8-9,11-12H2/t17-,18+/m0/s1. The molecular weight excluding hydrogens is 402 g/mol. The van der Waals surface area contributed by atoms with Gasteiger partial charge in [-0.1, -0.05) is 24.3 Å². The van der Waals surface area contributed by atoms with Gasteiger partial charge in [-0.3, -0.25) is 4.79 Å². The quantitative estimate of drug-likeness (QED) is 0.765. The molecule has 3 aliphatic rings. The van der Waals surface area contributed by atoms with Gasteiger partial charge >= 0.3 is 0 Å². The molecule has 3 heterocycles. The molecule has 152 valence electrons. The molecule has 1 spiro atoms. The molecule has 0 aliphatic carbocycles. The highest BCUT2D eigenvalue weighted by atomic mass is 32.2. The van der Waals surface area contributed by atoms with E-state index in [-0.39, 0.29) is 29.7 Å². The molecule has 1 amide bonds. The highest BCUT2D eigenvalue weighted by Gasteiger charge is 2.64. The molecule has 0 N–H and O–H groups in total. The third-order valence-corrected chi connectivity index (χ3v) is 7.67. The fourth-order valence-corrected chi connectivity index (χ4v) is 6.01. The van der Waals surface area contributed by atoms with Crippen LogP contribution in [0.15, 0.2) is 53.4 Å². The van der Waals surface area contributed by atoms with Gasteiger partial charge in [0.05, 0.1) is 24.0 Å². The smallest absolute Gasteiger partial charge is 0.260 e. The van der Waals surface area contributed by atoms with E-state index in [1.165, 1.54) is 18.2 Å². The molecular formula is C20H18F2N2O4S. The maximum absolute atomic E-state index is 14.3. The Morgan fingerprint density at radius 2 is 1.79 bits per heavy atom. The van der Waals surface area contributed by atoms with Crippen LogP contribution in [0.4, 0.5) is 8.78 Å². The zero-order valence-electron chi connectivity index (χ0n) is 15.3. The summed E-state index contributed by atoms with van der Waals surface area (Å²) >= 11 is 0. The lowest BCUT2D eigenvalue weighted by Crippen LogP contribution is -2.67. The summed E-state index contributed by atoms with van der Waals surface area (Å²) in [6, 6.07) is 10.6. The molecule has 2 aromatic rings. The summed E-state index contributed by atoms with van der Waals surface area (Å²) in [5.41, 5.74) is -0.817. The Hall–Kier alpha value is -2.36. The second-order valence-electron chi connectivity index (χ2n) is 7.62. The number of hydrogen-bond donors (Lipinski definition) is 0. The topological polar surface area (TPSA) is 66.9 Å². The molecule has 3 fully saturated rings. The van der Waals surface area contributed by atoms with Crippen molar-refractivity contribution in [3.8, 4) is 0 Å². The van der Waals surface area contributed by atoms with Crippen molar-refractivity contribution < 1.29 is 26.7 Å². The lowest BCUT2D eigenvalue weighted by Gasteiger charge is -2.44. The van der Waals surface area contributed by atoms with Gasteiger partial charge in [-0.2, -0.15) is 4.31 Å². The summed E-state index contributed by atoms with van der Waals surface area (Å²) in [7, 11) is -3.93. The first-order valence-electron chi connectivity index (χ1n) is 9.33. The van der Waals surface area contributed by atoms with Gasteiger partial charge in [0.1, 0.15) is 17.9 Å². The van der Waals surface area contributed by atoms with Crippen LogP contribution in [-0.4, -0.2) is 48.4 Å². The molecule has 0 aromatic heterocycles. The average molecular weight is 420 g/mol. The van der Waals surface area contributed by atoms with Crippen molar-refractivity contribution in [2.24, 2.45) is 0 Å². The largest absolute Gasteiger partial charge is 0.339 e. The molecule has 29 heavy (non-hydrogen) atoms.